The maximum Gasteiger partial charge on any atom is 0.143 e. The Balaban J connectivity index is 1.12. The van der Waals surface area contributed by atoms with Crippen LogP contribution in [-0.4, -0.2) is 4.57 Å². The number of hydrogen-bond acceptors (Lipinski definition) is 1. The minimum absolute atomic E-state index is 0.187. The number of para-hydroxylation sites is 3. The monoisotopic (exact) mass is 813 g/mol. The highest BCUT2D eigenvalue weighted by Crippen LogP contribution is 2.67. The molecule has 0 bridgehead atoms. The molecule has 0 radical (unpaired) electrons. The maximum atomic E-state index is 7.23. The average Bonchev–Trinajstić information content (AvgIpc) is 4.11. The van der Waals surface area contributed by atoms with Gasteiger partial charge in [-0.25, -0.2) is 0 Å². The number of hydrogen-bond donors (Lipinski definition) is 0. The Hall–Kier alpha value is -7.94. The summed E-state index contributed by atoms with van der Waals surface area (Å²) in [4.78, 5) is 0. The quantitative estimate of drug-likeness (QED) is 0.170. The lowest BCUT2D eigenvalue weighted by Gasteiger charge is -2.31. The van der Waals surface area contributed by atoms with Gasteiger partial charge in [-0.2, -0.15) is 0 Å². The van der Waals surface area contributed by atoms with Crippen molar-refractivity contribution >= 4 is 54.5 Å². The van der Waals surface area contributed by atoms with Crippen LogP contribution in [0.3, 0.4) is 0 Å². The molecule has 2 aromatic heterocycles. The summed E-state index contributed by atoms with van der Waals surface area (Å²) in [5.74, 6) is 0. The van der Waals surface area contributed by atoms with Crippen molar-refractivity contribution in [2.45, 2.75) is 24.7 Å². The van der Waals surface area contributed by atoms with Gasteiger partial charge in [-0.05, 0) is 126 Å². The molecule has 0 saturated carbocycles. The van der Waals surface area contributed by atoms with E-state index in [1.54, 1.807) is 0 Å². The molecule has 10 aromatic carbocycles. The largest absolute Gasteiger partial charge is 0.455 e. The summed E-state index contributed by atoms with van der Waals surface area (Å²) in [5.41, 5.74) is 22.8. The first kappa shape index (κ1) is 34.6. The molecule has 0 N–H and O–H groups in total. The summed E-state index contributed by atoms with van der Waals surface area (Å²) in [6, 6.07) is 74.9. The molecule has 64 heavy (non-hydrogen) atoms. The number of benzene rings is 10. The second-order valence-electron chi connectivity index (χ2n) is 18.7. The topological polar surface area (TPSA) is 18.1 Å². The van der Waals surface area contributed by atoms with Gasteiger partial charge in [0.1, 0.15) is 11.2 Å². The van der Waals surface area contributed by atoms with Crippen LogP contribution < -0.4 is 0 Å². The van der Waals surface area contributed by atoms with Crippen molar-refractivity contribution in [3.05, 3.63) is 234 Å². The van der Waals surface area contributed by atoms with Crippen molar-refractivity contribution in [2.24, 2.45) is 0 Å². The lowest BCUT2D eigenvalue weighted by atomic mass is 9.70. The van der Waals surface area contributed by atoms with E-state index in [4.69, 9.17) is 4.42 Å². The Kier molecular flexibility index (Phi) is 6.46. The molecule has 1 spiro atoms. The van der Waals surface area contributed by atoms with E-state index in [0.29, 0.717) is 0 Å². The van der Waals surface area contributed by atoms with Gasteiger partial charge < -0.3 is 8.98 Å². The van der Waals surface area contributed by atoms with Crippen molar-refractivity contribution in [1.29, 1.82) is 0 Å². The molecule has 2 heterocycles. The van der Waals surface area contributed by atoms with Crippen molar-refractivity contribution < 1.29 is 4.42 Å². The molecule has 2 heteroatoms. The third-order valence-electron chi connectivity index (χ3n) is 15.4. The van der Waals surface area contributed by atoms with Crippen LogP contribution in [0.1, 0.15) is 47.2 Å². The minimum Gasteiger partial charge on any atom is -0.455 e. The highest BCUT2D eigenvalue weighted by Gasteiger charge is 2.53. The average molecular weight is 814 g/mol. The zero-order valence-electron chi connectivity index (χ0n) is 35.4. The van der Waals surface area contributed by atoms with Crippen LogP contribution in [0.5, 0.6) is 0 Å². The van der Waals surface area contributed by atoms with Gasteiger partial charge in [-0.15, -0.1) is 0 Å². The first-order valence-electron chi connectivity index (χ1n) is 22.5. The van der Waals surface area contributed by atoms with Crippen LogP contribution in [0.2, 0.25) is 0 Å². The highest BCUT2D eigenvalue weighted by atomic mass is 16.3. The molecule has 2 nitrogen and oxygen atoms in total. The SMILES string of the molecule is CC1(C)c2cc(-c3cc4c(c5c3oc3ccccc35)-c3c(ccc5c3c3ccccc3n5-c3ccccc3)C43c4ccccc4-c4ccccc43)ccc2-c2c1ccc1ccccc21. The number of furan rings is 1. The maximum absolute atomic E-state index is 7.23. The second-order valence-corrected chi connectivity index (χ2v) is 18.7. The van der Waals surface area contributed by atoms with Gasteiger partial charge >= 0.3 is 0 Å². The van der Waals surface area contributed by atoms with E-state index in [1.165, 1.54) is 110 Å². The van der Waals surface area contributed by atoms with E-state index in [2.05, 4.69) is 219 Å². The van der Waals surface area contributed by atoms with E-state index in [0.717, 1.165) is 27.8 Å². The molecule has 15 rings (SSSR count). The van der Waals surface area contributed by atoms with E-state index in [9.17, 15) is 0 Å². The summed E-state index contributed by atoms with van der Waals surface area (Å²) < 4.78 is 9.69. The summed E-state index contributed by atoms with van der Waals surface area (Å²) in [5, 5.41) is 7.44. The van der Waals surface area contributed by atoms with Gasteiger partial charge in [-0.1, -0.05) is 172 Å². The first-order chi connectivity index (χ1) is 31.5. The molecule has 0 saturated heterocycles. The number of nitrogens with zero attached hydrogens (tertiary/aromatic N) is 1. The number of rotatable bonds is 2. The molecule has 0 fully saturated rings. The lowest BCUT2D eigenvalue weighted by molar-refractivity contribution is 0.660. The van der Waals surface area contributed by atoms with Crippen LogP contribution in [-0.2, 0) is 10.8 Å². The highest BCUT2D eigenvalue weighted by molar-refractivity contribution is 6.26. The van der Waals surface area contributed by atoms with Crippen molar-refractivity contribution in [3.8, 4) is 50.2 Å². The van der Waals surface area contributed by atoms with E-state index >= 15 is 0 Å². The fraction of sp³-hybridized carbons (Fsp3) is 0.0645. The molecular weight excluding hydrogens is 775 g/mol. The lowest BCUT2D eigenvalue weighted by Crippen LogP contribution is -2.26. The van der Waals surface area contributed by atoms with Crippen molar-refractivity contribution in [2.75, 3.05) is 0 Å². The van der Waals surface area contributed by atoms with E-state index < -0.39 is 5.41 Å². The van der Waals surface area contributed by atoms with E-state index in [-0.39, 0.29) is 5.41 Å². The summed E-state index contributed by atoms with van der Waals surface area (Å²) >= 11 is 0. The van der Waals surface area contributed by atoms with Gasteiger partial charge in [0.05, 0.1) is 16.4 Å². The summed E-state index contributed by atoms with van der Waals surface area (Å²) in [6.45, 7) is 4.79. The number of fused-ring (bicyclic) bond motifs is 23. The molecule has 0 amide bonds. The smallest absolute Gasteiger partial charge is 0.143 e. The Labute approximate surface area is 370 Å². The van der Waals surface area contributed by atoms with Crippen molar-refractivity contribution in [3.63, 3.8) is 0 Å². The zero-order valence-corrected chi connectivity index (χ0v) is 35.4. The predicted octanol–water partition coefficient (Wildman–Crippen LogP) is 16.2. The minimum atomic E-state index is -0.575. The Morgan fingerprint density at radius 3 is 1.86 bits per heavy atom. The normalized spacial score (nSPS) is 14.7. The molecule has 3 aliphatic carbocycles. The van der Waals surface area contributed by atoms with Crippen LogP contribution in [0, 0.1) is 0 Å². The molecule has 0 unspecified atom stereocenters. The third kappa shape index (κ3) is 4.04. The van der Waals surface area contributed by atoms with Crippen LogP contribution in [0.25, 0.3) is 105 Å². The summed E-state index contributed by atoms with van der Waals surface area (Å²) in [7, 11) is 0. The molecule has 3 aliphatic rings. The fourth-order valence-corrected chi connectivity index (χ4v) is 12.8. The number of aromatic nitrogens is 1. The molecule has 298 valence electrons. The zero-order chi connectivity index (χ0) is 42.1. The standard InChI is InChI=1S/C62H39NO/c1-61(2)48-31-29-36-16-6-7-19-39(36)55(48)42-30-28-37(34-50(42)61)45-35-51-59(57-44-23-11-15-27-54(44)64-60(45)57)58-49(62(51)46-24-12-8-20-40(46)41-21-9-13-25-47(41)62)32-33-53-56(58)43-22-10-14-26-52(43)63(53)38-17-4-3-5-18-38/h3-35H,1-2H3. The second kappa shape index (κ2) is 11.9. The van der Waals surface area contributed by atoms with Crippen LogP contribution in [0.15, 0.2) is 205 Å². The predicted molar refractivity (Wildman–Crippen MR) is 265 cm³/mol. The molecule has 12 aromatic rings. The van der Waals surface area contributed by atoms with E-state index in [1.807, 2.05) is 0 Å². The van der Waals surface area contributed by atoms with Crippen LogP contribution in [0.4, 0.5) is 0 Å². The third-order valence-corrected chi connectivity index (χ3v) is 15.4. The Bertz CT molecular complexity index is 4000. The van der Waals surface area contributed by atoms with Gasteiger partial charge in [-0.3, -0.25) is 0 Å². The molecule has 0 aliphatic heterocycles. The first-order valence-corrected chi connectivity index (χ1v) is 22.5. The Morgan fingerprint density at radius 2 is 1.05 bits per heavy atom. The summed E-state index contributed by atoms with van der Waals surface area (Å²) in [6.07, 6.45) is 0. The van der Waals surface area contributed by atoms with Gasteiger partial charge in [0.15, 0.2) is 0 Å². The van der Waals surface area contributed by atoms with Gasteiger partial charge in [0.2, 0.25) is 0 Å². The van der Waals surface area contributed by atoms with Gasteiger partial charge in [0.25, 0.3) is 0 Å². The molecular formula is C62H39NO. The molecule has 0 atom stereocenters. The fourth-order valence-electron chi connectivity index (χ4n) is 12.8. The van der Waals surface area contributed by atoms with Crippen LogP contribution >= 0.6 is 0 Å². The Morgan fingerprint density at radius 1 is 0.391 bits per heavy atom. The van der Waals surface area contributed by atoms with Gasteiger partial charge in [0, 0.05) is 38.2 Å². The van der Waals surface area contributed by atoms with Crippen molar-refractivity contribution in [1.82, 2.24) is 4.57 Å².